The van der Waals surface area contributed by atoms with Crippen LogP contribution in [0, 0.1) is 0 Å². The van der Waals surface area contributed by atoms with Crippen LogP contribution >= 0.6 is 0 Å². The zero-order valence-electron chi connectivity index (χ0n) is 10.2. The van der Waals surface area contributed by atoms with Crippen LogP contribution in [0.2, 0.25) is 0 Å². The van der Waals surface area contributed by atoms with E-state index in [1.807, 2.05) is 13.8 Å². The predicted octanol–water partition coefficient (Wildman–Crippen LogP) is 1.17. The molecule has 1 atom stereocenters. The lowest BCUT2D eigenvalue weighted by Gasteiger charge is -2.13. The van der Waals surface area contributed by atoms with Crippen molar-refractivity contribution in [2.75, 3.05) is 5.32 Å². The van der Waals surface area contributed by atoms with E-state index in [0.29, 0.717) is 11.6 Å². The number of aromatic amines is 1. The molecule has 0 fully saturated rings. The summed E-state index contributed by atoms with van der Waals surface area (Å²) in [6, 6.07) is 1.05. The van der Waals surface area contributed by atoms with E-state index in [1.54, 1.807) is 6.92 Å². The van der Waals surface area contributed by atoms with Gasteiger partial charge in [-0.2, -0.15) is 0 Å². The van der Waals surface area contributed by atoms with Gasteiger partial charge in [0.1, 0.15) is 11.6 Å². The van der Waals surface area contributed by atoms with Gasteiger partial charge in [-0.3, -0.25) is 9.59 Å². The average molecular weight is 239 g/mol. The van der Waals surface area contributed by atoms with E-state index >= 15 is 0 Å². The average Bonchev–Trinajstić information content (AvgIpc) is 2.14. The van der Waals surface area contributed by atoms with Crippen LogP contribution in [0.25, 0.3) is 0 Å². The minimum absolute atomic E-state index is 0.0223. The van der Waals surface area contributed by atoms with Crippen molar-refractivity contribution in [2.45, 2.75) is 39.2 Å². The fraction of sp³-hybridized carbons (Fsp3) is 0.545. The maximum atomic E-state index is 11.4. The van der Waals surface area contributed by atoms with E-state index in [1.165, 1.54) is 6.07 Å². The maximum Gasteiger partial charge on any atom is 0.305 e. The Bertz CT molecular complexity index is 454. The van der Waals surface area contributed by atoms with Crippen LogP contribution in [0.15, 0.2) is 10.9 Å². The second-order valence-electron chi connectivity index (χ2n) is 4.31. The van der Waals surface area contributed by atoms with E-state index in [4.69, 9.17) is 5.11 Å². The Kier molecular flexibility index (Phi) is 4.25. The minimum Gasteiger partial charge on any atom is -0.481 e. The third-order valence-electron chi connectivity index (χ3n) is 2.18. The van der Waals surface area contributed by atoms with Crippen LogP contribution in [-0.4, -0.2) is 27.1 Å². The van der Waals surface area contributed by atoms with Crippen molar-refractivity contribution < 1.29 is 9.90 Å². The Morgan fingerprint density at radius 1 is 1.53 bits per heavy atom. The first-order valence-corrected chi connectivity index (χ1v) is 5.48. The number of aliphatic carboxylic acids is 1. The first-order chi connectivity index (χ1) is 7.88. The first-order valence-electron chi connectivity index (χ1n) is 5.48. The van der Waals surface area contributed by atoms with Crippen molar-refractivity contribution in [2.24, 2.45) is 0 Å². The van der Waals surface area contributed by atoms with Crippen molar-refractivity contribution in [3.8, 4) is 0 Å². The third-order valence-corrected chi connectivity index (χ3v) is 2.18. The van der Waals surface area contributed by atoms with Gasteiger partial charge in [0.15, 0.2) is 0 Å². The van der Waals surface area contributed by atoms with Crippen molar-refractivity contribution in [3.63, 3.8) is 0 Å². The molecule has 6 nitrogen and oxygen atoms in total. The van der Waals surface area contributed by atoms with Gasteiger partial charge in [0.05, 0.1) is 6.42 Å². The standard InChI is InChI=1S/C11H17N3O3/c1-6(2)11-13-8(5-9(15)14-11)12-7(3)4-10(16)17/h5-7H,4H2,1-3H3,(H,16,17)(H2,12,13,14,15). The summed E-state index contributed by atoms with van der Waals surface area (Å²) in [4.78, 5) is 28.7. The smallest absolute Gasteiger partial charge is 0.305 e. The predicted molar refractivity (Wildman–Crippen MR) is 64.3 cm³/mol. The molecule has 0 amide bonds. The summed E-state index contributed by atoms with van der Waals surface area (Å²) in [5.74, 6) is 0.215. The lowest BCUT2D eigenvalue weighted by molar-refractivity contribution is -0.137. The molecule has 0 aliphatic carbocycles. The molecule has 94 valence electrons. The van der Waals surface area contributed by atoms with Crippen molar-refractivity contribution in [1.29, 1.82) is 0 Å². The molecule has 17 heavy (non-hydrogen) atoms. The lowest BCUT2D eigenvalue weighted by Crippen LogP contribution is -2.22. The monoisotopic (exact) mass is 239 g/mol. The fourth-order valence-corrected chi connectivity index (χ4v) is 1.39. The summed E-state index contributed by atoms with van der Waals surface area (Å²) < 4.78 is 0. The molecule has 1 unspecified atom stereocenters. The molecule has 0 aromatic carbocycles. The molecule has 0 spiro atoms. The number of nitrogens with zero attached hydrogens (tertiary/aromatic N) is 1. The molecule has 0 aliphatic heterocycles. The fourth-order valence-electron chi connectivity index (χ4n) is 1.39. The van der Waals surface area contributed by atoms with Gasteiger partial charge in [-0.15, -0.1) is 0 Å². The molecule has 0 bridgehead atoms. The molecule has 1 rings (SSSR count). The number of carbonyl (C=O) groups is 1. The number of H-pyrrole nitrogens is 1. The summed E-state index contributed by atoms with van der Waals surface area (Å²) in [5.41, 5.74) is -0.242. The highest BCUT2D eigenvalue weighted by atomic mass is 16.4. The highest BCUT2D eigenvalue weighted by Crippen LogP contribution is 2.10. The number of carboxylic acid groups (broad SMARTS) is 1. The Hall–Kier alpha value is -1.85. The summed E-state index contributed by atoms with van der Waals surface area (Å²) >= 11 is 0. The van der Waals surface area contributed by atoms with E-state index < -0.39 is 5.97 Å². The minimum atomic E-state index is -0.890. The molecule has 0 aliphatic rings. The van der Waals surface area contributed by atoms with Gasteiger partial charge in [-0.1, -0.05) is 13.8 Å². The van der Waals surface area contributed by atoms with E-state index in [0.717, 1.165) is 0 Å². The normalized spacial score (nSPS) is 12.5. The van der Waals surface area contributed by atoms with Crippen LogP contribution in [0.3, 0.4) is 0 Å². The highest BCUT2D eigenvalue weighted by molar-refractivity contribution is 5.68. The Labute approximate surface area is 99.1 Å². The third kappa shape index (κ3) is 4.26. The van der Waals surface area contributed by atoms with Crippen LogP contribution in [-0.2, 0) is 4.79 Å². The molecule has 1 heterocycles. The van der Waals surface area contributed by atoms with Gasteiger partial charge in [-0.05, 0) is 6.92 Å². The molecule has 1 aromatic heterocycles. The zero-order valence-corrected chi connectivity index (χ0v) is 10.2. The lowest BCUT2D eigenvalue weighted by atomic mass is 10.2. The van der Waals surface area contributed by atoms with Gasteiger partial charge < -0.3 is 15.4 Å². The zero-order chi connectivity index (χ0) is 13.0. The van der Waals surface area contributed by atoms with E-state index in [-0.39, 0.29) is 23.9 Å². The second kappa shape index (κ2) is 5.47. The molecule has 1 aromatic rings. The molecular weight excluding hydrogens is 222 g/mol. The topological polar surface area (TPSA) is 95.1 Å². The molecule has 0 saturated heterocycles. The van der Waals surface area contributed by atoms with Crippen molar-refractivity contribution in [3.05, 3.63) is 22.2 Å². The molecule has 0 radical (unpaired) electrons. The summed E-state index contributed by atoms with van der Waals surface area (Å²) in [6.07, 6.45) is -0.0223. The summed E-state index contributed by atoms with van der Waals surface area (Å²) in [5, 5.41) is 11.5. The van der Waals surface area contributed by atoms with Gasteiger partial charge in [-0.25, -0.2) is 4.98 Å². The van der Waals surface area contributed by atoms with Gasteiger partial charge >= 0.3 is 5.97 Å². The number of rotatable bonds is 5. The Morgan fingerprint density at radius 3 is 2.71 bits per heavy atom. The SMILES string of the molecule is CC(CC(=O)O)Nc1cc(=O)[nH]c(C(C)C)n1. The number of anilines is 1. The van der Waals surface area contributed by atoms with Gasteiger partial charge in [0.2, 0.25) is 0 Å². The van der Waals surface area contributed by atoms with Crippen molar-refractivity contribution >= 4 is 11.8 Å². The van der Waals surface area contributed by atoms with E-state index in [2.05, 4.69) is 15.3 Å². The van der Waals surface area contributed by atoms with Crippen LogP contribution < -0.4 is 10.9 Å². The maximum absolute atomic E-state index is 11.4. The molecule has 6 heteroatoms. The van der Waals surface area contributed by atoms with E-state index in [9.17, 15) is 9.59 Å². The quantitative estimate of drug-likeness (QED) is 0.716. The molecule has 0 saturated carbocycles. The number of nitrogens with one attached hydrogen (secondary N) is 2. The Balaban J connectivity index is 2.84. The van der Waals surface area contributed by atoms with Crippen molar-refractivity contribution in [1.82, 2.24) is 9.97 Å². The largest absolute Gasteiger partial charge is 0.481 e. The number of hydrogen-bond donors (Lipinski definition) is 3. The first kappa shape index (κ1) is 13.2. The summed E-state index contributed by atoms with van der Waals surface area (Å²) in [6.45, 7) is 5.57. The van der Waals surface area contributed by atoms with Crippen LogP contribution in [0.5, 0.6) is 0 Å². The van der Waals surface area contributed by atoms with Crippen LogP contribution in [0.1, 0.15) is 38.9 Å². The summed E-state index contributed by atoms with van der Waals surface area (Å²) in [7, 11) is 0. The van der Waals surface area contributed by atoms with Crippen LogP contribution in [0.4, 0.5) is 5.82 Å². The number of hydrogen-bond acceptors (Lipinski definition) is 4. The van der Waals surface area contributed by atoms with Gasteiger partial charge in [0, 0.05) is 18.0 Å². The molecular formula is C11H17N3O3. The second-order valence-corrected chi connectivity index (χ2v) is 4.31. The van der Waals surface area contributed by atoms with Gasteiger partial charge in [0.25, 0.3) is 5.56 Å². The molecule has 3 N–H and O–H groups in total. The highest BCUT2D eigenvalue weighted by Gasteiger charge is 2.10. The Morgan fingerprint density at radius 2 is 2.18 bits per heavy atom. The number of carboxylic acids is 1. The number of aromatic nitrogens is 2.